The molecule has 1 amide bonds. The Morgan fingerprint density at radius 3 is 2.57 bits per heavy atom. The van der Waals surface area contributed by atoms with Gasteiger partial charge in [-0.2, -0.15) is 0 Å². The Morgan fingerprint density at radius 1 is 1.06 bits per heavy atom. The van der Waals surface area contributed by atoms with Gasteiger partial charge in [0.2, 0.25) is 0 Å². The number of thioether (sulfide) groups is 1. The zero-order valence-corrected chi connectivity index (χ0v) is 21.5. The van der Waals surface area contributed by atoms with Crippen LogP contribution in [0.4, 0.5) is 5.69 Å². The highest BCUT2D eigenvalue weighted by atomic mass is 32.2. The van der Waals surface area contributed by atoms with E-state index in [1.165, 1.54) is 11.8 Å². The Bertz CT molecular complexity index is 1280. The van der Waals surface area contributed by atoms with Crippen molar-refractivity contribution >= 4 is 46.0 Å². The van der Waals surface area contributed by atoms with Gasteiger partial charge >= 0.3 is 0 Å². The van der Waals surface area contributed by atoms with Gasteiger partial charge in [0.1, 0.15) is 6.61 Å². The molecule has 3 aromatic carbocycles. The van der Waals surface area contributed by atoms with E-state index in [0.29, 0.717) is 40.4 Å². The minimum atomic E-state index is -0.127. The smallest absolute Gasteiger partial charge is 0.270 e. The number of hydrogen-bond acceptors (Lipinski definition) is 5. The molecule has 0 saturated carbocycles. The van der Waals surface area contributed by atoms with E-state index in [4.69, 9.17) is 21.7 Å². The number of carbonyl (C=O) groups excluding carboxylic acids is 1. The first-order valence-corrected chi connectivity index (χ1v) is 12.6. The lowest BCUT2D eigenvalue weighted by Gasteiger charge is -2.17. The van der Waals surface area contributed by atoms with Crippen LogP contribution in [0.5, 0.6) is 11.5 Å². The van der Waals surface area contributed by atoms with Crippen molar-refractivity contribution in [1.82, 2.24) is 0 Å². The number of amides is 1. The first-order valence-electron chi connectivity index (χ1n) is 11.4. The lowest BCUT2D eigenvalue weighted by molar-refractivity contribution is -0.113. The molecule has 178 valence electrons. The summed E-state index contributed by atoms with van der Waals surface area (Å²) in [7, 11) is 0. The average Bonchev–Trinajstić information content (AvgIpc) is 3.12. The summed E-state index contributed by atoms with van der Waals surface area (Å²) in [6, 6.07) is 21.7. The Kier molecular flexibility index (Phi) is 8.06. The third-order valence-electron chi connectivity index (χ3n) is 5.40. The van der Waals surface area contributed by atoms with Gasteiger partial charge in [0.15, 0.2) is 15.8 Å². The van der Waals surface area contributed by atoms with Crippen LogP contribution in [-0.4, -0.2) is 16.8 Å². The van der Waals surface area contributed by atoms with E-state index in [2.05, 4.69) is 6.58 Å². The fourth-order valence-electron chi connectivity index (χ4n) is 3.84. The molecule has 1 fully saturated rings. The van der Waals surface area contributed by atoms with Crippen LogP contribution in [-0.2, 0) is 17.8 Å². The van der Waals surface area contributed by atoms with Crippen molar-refractivity contribution < 1.29 is 14.3 Å². The number of benzene rings is 3. The molecule has 0 aromatic heterocycles. The molecule has 3 aromatic rings. The molecule has 0 unspecified atom stereocenters. The van der Waals surface area contributed by atoms with Crippen molar-refractivity contribution in [1.29, 1.82) is 0 Å². The molecule has 0 aliphatic carbocycles. The van der Waals surface area contributed by atoms with Gasteiger partial charge < -0.3 is 9.47 Å². The van der Waals surface area contributed by atoms with Crippen LogP contribution in [0.15, 0.2) is 84.3 Å². The number of rotatable bonds is 9. The van der Waals surface area contributed by atoms with Crippen molar-refractivity contribution in [3.63, 3.8) is 0 Å². The topological polar surface area (TPSA) is 38.8 Å². The summed E-state index contributed by atoms with van der Waals surface area (Å²) in [6.45, 7) is 8.76. The van der Waals surface area contributed by atoms with Gasteiger partial charge in [-0.1, -0.05) is 72.5 Å². The van der Waals surface area contributed by atoms with E-state index in [1.54, 1.807) is 4.90 Å². The molecule has 35 heavy (non-hydrogen) atoms. The minimum absolute atomic E-state index is 0.127. The maximum Gasteiger partial charge on any atom is 0.270 e. The first kappa shape index (κ1) is 24.8. The van der Waals surface area contributed by atoms with Gasteiger partial charge in [-0.3, -0.25) is 9.69 Å². The number of nitrogens with zero attached hydrogens (tertiary/aromatic N) is 1. The van der Waals surface area contributed by atoms with E-state index in [0.717, 1.165) is 27.9 Å². The van der Waals surface area contributed by atoms with E-state index in [-0.39, 0.29) is 5.91 Å². The van der Waals surface area contributed by atoms with Gasteiger partial charge in [-0.15, -0.1) is 6.58 Å². The van der Waals surface area contributed by atoms with E-state index < -0.39 is 0 Å². The lowest BCUT2D eigenvalue weighted by Crippen LogP contribution is -2.27. The SMILES string of the molecule is C=CCc1cc(/C=C2/SC(=S)N(c3cccc(C)c3)C2=O)cc(OCC)c1OCc1ccccc1. The van der Waals surface area contributed by atoms with Crippen LogP contribution in [0, 0.1) is 6.92 Å². The highest BCUT2D eigenvalue weighted by Crippen LogP contribution is 2.39. The lowest BCUT2D eigenvalue weighted by atomic mass is 10.0. The number of aryl methyl sites for hydroxylation is 1. The maximum atomic E-state index is 13.3. The predicted octanol–water partition coefficient (Wildman–Crippen LogP) is 7.11. The predicted molar refractivity (Wildman–Crippen MR) is 149 cm³/mol. The molecule has 0 spiro atoms. The van der Waals surface area contributed by atoms with E-state index >= 15 is 0 Å². The molecule has 1 heterocycles. The van der Waals surface area contributed by atoms with Crippen LogP contribution < -0.4 is 14.4 Å². The summed E-state index contributed by atoms with van der Waals surface area (Å²) in [5, 5.41) is 0. The molecule has 1 saturated heterocycles. The fraction of sp³-hybridized carbons (Fsp3) is 0.172. The van der Waals surface area contributed by atoms with Crippen LogP contribution in [0.3, 0.4) is 0 Å². The van der Waals surface area contributed by atoms with Gasteiger partial charge in [0, 0.05) is 5.56 Å². The van der Waals surface area contributed by atoms with Gasteiger partial charge in [0.25, 0.3) is 5.91 Å². The van der Waals surface area contributed by atoms with Gasteiger partial charge in [-0.25, -0.2) is 0 Å². The van der Waals surface area contributed by atoms with Crippen molar-refractivity contribution in [2.75, 3.05) is 11.5 Å². The monoisotopic (exact) mass is 501 g/mol. The van der Waals surface area contributed by atoms with Crippen LogP contribution in [0.1, 0.15) is 29.2 Å². The van der Waals surface area contributed by atoms with Crippen LogP contribution in [0.25, 0.3) is 6.08 Å². The second-order valence-electron chi connectivity index (χ2n) is 8.06. The molecule has 0 N–H and O–H groups in total. The molecule has 0 radical (unpaired) electrons. The summed E-state index contributed by atoms with van der Waals surface area (Å²) < 4.78 is 12.7. The average molecular weight is 502 g/mol. The Balaban J connectivity index is 1.67. The Hall–Kier alpha value is -3.35. The Morgan fingerprint density at radius 2 is 1.86 bits per heavy atom. The maximum absolute atomic E-state index is 13.3. The molecule has 4 rings (SSSR count). The Labute approximate surface area is 216 Å². The molecule has 1 aliphatic heterocycles. The van der Waals surface area contributed by atoms with E-state index in [1.807, 2.05) is 92.7 Å². The quantitative estimate of drug-likeness (QED) is 0.178. The highest BCUT2D eigenvalue weighted by molar-refractivity contribution is 8.27. The van der Waals surface area contributed by atoms with Crippen molar-refractivity contribution in [3.05, 3.63) is 107 Å². The third kappa shape index (κ3) is 5.84. The molecule has 0 bridgehead atoms. The number of allylic oxidation sites excluding steroid dienone is 1. The van der Waals surface area contributed by atoms with Gasteiger partial charge in [-0.05, 0) is 67.3 Å². The van der Waals surface area contributed by atoms with Crippen LogP contribution in [0.2, 0.25) is 0 Å². The fourth-order valence-corrected chi connectivity index (χ4v) is 5.14. The molecule has 1 aliphatic rings. The second-order valence-corrected chi connectivity index (χ2v) is 9.74. The zero-order valence-electron chi connectivity index (χ0n) is 19.8. The third-order valence-corrected chi connectivity index (χ3v) is 6.70. The summed E-state index contributed by atoms with van der Waals surface area (Å²) in [6.07, 6.45) is 4.31. The van der Waals surface area contributed by atoms with Gasteiger partial charge in [0.05, 0.1) is 17.2 Å². The highest BCUT2D eigenvalue weighted by Gasteiger charge is 2.33. The number of anilines is 1. The van der Waals surface area contributed by atoms with E-state index in [9.17, 15) is 4.79 Å². The summed E-state index contributed by atoms with van der Waals surface area (Å²) in [5.41, 5.74) is 4.72. The first-order chi connectivity index (χ1) is 17.0. The van der Waals surface area contributed by atoms with Crippen molar-refractivity contribution in [2.45, 2.75) is 26.9 Å². The van der Waals surface area contributed by atoms with Crippen LogP contribution >= 0.6 is 24.0 Å². The molecule has 6 heteroatoms. The normalized spacial score (nSPS) is 14.5. The minimum Gasteiger partial charge on any atom is -0.490 e. The number of thiocarbonyl (C=S) groups is 1. The number of carbonyl (C=O) groups is 1. The molecule has 4 nitrogen and oxygen atoms in total. The summed E-state index contributed by atoms with van der Waals surface area (Å²) in [5.74, 6) is 1.21. The van der Waals surface area contributed by atoms with Crippen molar-refractivity contribution in [2.24, 2.45) is 0 Å². The summed E-state index contributed by atoms with van der Waals surface area (Å²) in [4.78, 5) is 15.4. The summed E-state index contributed by atoms with van der Waals surface area (Å²) >= 11 is 6.85. The largest absolute Gasteiger partial charge is 0.490 e. The second kappa shape index (κ2) is 11.4. The molecular formula is C29H27NO3S2. The number of hydrogen-bond donors (Lipinski definition) is 0. The zero-order chi connectivity index (χ0) is 24.8. The number of ether oxygens (including phenoxy) is 2. The van der Waals surface area contributed by atoms with Crippen molar-refractivity contribution in [3.8, 4) is 11.5 Å². The molecular weight excluding hydrogens is 474 g/mol. The standard InChI is InChI=1S/C29H27NO3S2/c1-4-10-23-16-22(17-25(32-5-2)27(23)33-19-21-12-7-6-8-13-21)18-26-28(31)30(29(34)35-26)24-14-9-11-20(3)15-24/h4,6-9,11-18H,1,5,10,19H2,2-3H3/b26-18+. The molecule has 0 atom stereocenters.